The van der Waals surface area contributed by atoms with E-state index in [1.807, 2.05) is 48.7 Å². The molecule has 1 aliphatic rings. The van der Waals surface area contributed by atoms with Gasteiger partial charge in [-0.3, -0.25) is 4.98 Å². The zero-order chi connectivity index (χ0) is 20.2. The van der Waals surface area contributed by atoms with Gasteiger partial charge in [0.25, 0.3) is 0 Å². The third-order valence-corrected chi connectivity index (χ3v) is 5.65. The fourth-order valence-electron chi connectivity index (χ4n) is 3.67. The van der Waals surface area contributed by atoms with Gasteiger partial charge in [-0.1, -0.05) is 11.6 Å². The molecule has 1 fully saturated rings. The lowest BCUT2D eigenvalue weighted by Crippen LogP contribution is -2.46. The van der Waals surface area contributed by atoms with Crippen molar-refractivity contribution in [2.75, 3.05) is 30.4 Å². The van der Waals surface area contributed by atoms with E-state index < -0.39 is 0 Å². The molecule has 0 aliphatic carbocycles. The standard InChI is InChI=1S/C22H23ClN4OS/c1-28-18-5-3-16(4-6-18)25-22(29)26-17-9-12-27(13-10-17)21-8-11-24-20-7-2-15(23)14-19(20)21/h2-8,11,14,17H,9-10,12-13H2,1H3,(H2,25,26,29). The summed E-state index contributed by atoms with van der Waals surface area (Å²) >= 11 is 11.7. The van der Waals surface area contributed by atoms with E-state index >= 15 is 0 Å². The number of benzene rings is 2. The molecule has 2 heterocycles. The highest BCUT2D eigenvalue weighted by molar-refractivity contribution is 7.80. The minimum atomic E-state index is 0.348. The van der Waals surface area contributed by atoms with Crippen LogP contribution in [-0.4, -0.2) is 36.3 Å². The number of methoxy groups -OCH3 is 1. The second kappa shape index (κ2) is 8.84. The number of piperidine rings is 1. The van der Waals surface area contributed by atoms with Crippen molar-refractivity contribution in [3.63, 3.8) is 0 Å². The number of anilines is 2. The van der Waals surface area contributed by atoms with Gasteiger partial charge in [-0.05, 0) is 73.6 Å². The van der Waals surface area contributed by atoms with Gasteiger partial charge in [-0.2, -0.15) is 0 Å². The minimum absolute atomic E-state index is 0.348. The van der Waals surface area contributed by atoms with Crippen LogP contribution in [0.4, 0.5) is 11.4 Å². The number of thiocarbonyl (C=S) groups is 1. The Balaban J connectivity index is 1.35. The van der Waals surface area contributed by atoms with Crippen molar-refractivity contribution in [2.24, 2.45) is 0 Å². The van der Waals surface area contributed by atoms with Crippen LogP contribution in [0.1, 0.15) is 12.8 Å². The number of hydrogen-bond acceptors (Lipinski definition) is 4. The Morgan fingerprint density at radius 1 is 1.14 bits per heavy atom. The highest BCUT2D eigenvalue weighted by atomic mass is 35.5. The fraction of sp³-hybridized carbons (Fsp3) is 0.273. The van der Waals surface area contributed by atoms with Gasteiger partial charge in [0.15, 0.2) is 5.11 Å². The molecule has 3 aromatic rings. The average molecular weight is 427 g/mol. The molecule has 2 N–H and O–H groups in total. The predicted molar refractivity (Wildman–Crippen MR) is 124 cm³/mol. The van der Waals surface area contributed by atoms with E-state index in [0.717, 1.165) is 53.3 Å². The number of fused-ring (bicyclic) bond motifs is 1. The van der Waals surface area contributed by atoms with E-state index in [-0.39, 0.29) is 0 Å². The quantitative estimate of drug-likeness (QED) is 0.581. The van der Waals surface area contributed by atoms with E-state index in [1.165, 1.54) is 5.69 Å². The monoisotopic (exact) mass is 426 g/mol. The smallest absolute Gasteiger partial charge is 0.170 e. The molecule has 1 aromatic heterocycles. The molecule has 1 saturated heterocycles. The molecule has 29 heavy (non-hydrogen) atoms. The maximum atomic E-state index is 6.21. The summed E-state index contributed by atoms with van der Waals surface area (Å²) in [7, 11) is 1.66. The number of nitrogens with zero attached hydrogens (tertiary/aromatic N) is 2. The molecule has 7 heteroatoms. The summed E-state index contributed by atoms with van der Waals surface area (Å²) < 4.78 is 5.18. The van der Waals surface area contributed by atoms with Crippen LogP contribution in [0, 0.1) is 0 Å². The number of halogens is 1. The molecule has 150 valence electrons. The zero-order valence-electron chi connectivity index (χ0n) is 16.2. The summed E-state index contributed by atoms with van der Waals surface area (Å²) in [5.74, 6) is 0.826. The number of pyridine rings is 1. The molecular formula is C22H23ClN4OS. The third kappa shape index (κ3) is 4.71. The van der Waals surface area contributed by atoms with Crippen LogP contribution in [0.15, 0.2) is 54.7 Å². The van der Waals surface area contributed by atoms with Crippen LogP contribution in [-0.2, 0) is 0 Å². The average Bonchev–Trinajstić information content (AvgIpc) is 2.74. The van der Waals surface area contributed by atoms with E-state index in [0.29, 0.717) is 11.2 Å². The van der Waals surface area contributed by atoms with Gasteiger partial charge < -0.3 is 20.3 Å². The van der Waals surface area contributed by atoms with E-state index in [9.17, 15) is 0 Å². The Labute approximate surface area is 181 Å². The molecular weight excluding hydrogens is 404 g/mol. The Kier molecular flexibility index (Phi) is 6.02. The first-order chi connectivity index (χ1) is 14.1. The van der Waals surface area contributed by atoms with Gasteiger partial charge in [-0.25, -0.2) is 0 Å². The molecule has 0 spiro atoms. The summed E-state index contributed by atoms with van der Waals surface area (Å²) in [4.78, 5) is 6.85. The van der Waals surface area contributed by atoms with Crippen molar-refractivity contribution in [3.8, 4) is 5.75 Å². The Morgan fingerprint density at radius 3 is 2.62 bits per heavy atom. The topological polar surface area (TPSA) is 49.4 Å². The maximum Gasteiger partial charge on any atom is 0.170 e. The van der Waals surface area contributed by atoms with Gasteiger partial charge in [0, 0.05) is 47.1 Å². The highest BCUT2D eigenvalue weighted by Crippen LogP contribution is 2.29. The second-order valence-electron chi connectivity index (χ2n) is 7.08. The Bertz CT molecular complexity index is 1000. The molecule has 0 amide bonds. The van der Waals surface area contributed by atoms with E-state index in [4.69, 9.17) is 28.6 Å². The van der Waals surface area contributed by atoms with Gasteiger partial charge in [0.05, 0.1) is 12.6 Å². The zero-order valence-corrected chi connectivity index (χ0v) is 17.8. The van der Waals surface area contributed by atoms with Gasteiger partial charge >= 0.3 is 0 Å². The van der Waals surface area contributed by atoms with Crippen LogP contribution in [0.2, 0.25) is 5.02 Å². The summed E-state index contributed by atoms with van der Waals surface area (Å²) in [6.45, 7) is 1.91. The van der Waals surface area contributed by atoms with E-state index in [1.54, 1.807) is 7.11 Å². The first-order valence-corrected chi connectivity index (χ1v) is 10.4. The molecule has 0 bridgehead atoms. The third-order valence-electron chi connectivity index (χ3n) is 5.20. The van der Waals surface area contributed by atoms with Crippen molar-refractivity contribution in [2.45, 2.75) is 18.9 Å². The van der Waals surface area contributed by atoms with Crippen LogP contribution in [0.25, 0.3) is 10.9 Å². The van der Waals surface area contributed by atoms with Crippen molar-refractivity contribution in [1.29, 1.82) is 0 Å². The second-order valence-corrected chi connectivity index (χ2v) is 7.92. The number of ether oxygens (including phenoxy) is 1. The molecule has 1 aliphatic heterocycles. The highest BCUT2D eigenvalue weighted by Gasteiger charge is 2.21. The molecule has 0 radical (unpaired) electrons. The first kappa shape index (κ1) is 19.7. The minimum Gasteiger partial charge on any atom is -0.497 e. The molecule has 0 atom stereocenters. The summed E-state index contributed by atoms with van der Waals surface area (Å²) in [6.07, 6.45) is 3.88. The Morgan fingerprint density at radius 2 is 1.90 bits per heavy atom. The van der Waals surface area contributed by atoms with Crippen LogP contribution in [0.3, 0.4) is 0 Å². The maximum absolute atomic E-state index is 6.21. The van der Waals surface area contributed by atoms with Crippen LogP contribution < -0.4 is 20.3 Å². The molecule has 0 unspecified atom stereocenters. The summed E-state index contributed by atoms with van der Waals surface area (Å²) in [5, 5.41) is 9.17. The van der Waals surface area contributed by atoms with Gasteiger partial charge in [0.1, 0.15) is 5.75 Å². The lowest BCUT2D eigenvalue weighted by molar-refractivity contribution is 0.415. The number of hydrogen-bond donors (Lipinski definition) is 2. The van der Waals surface area contributed by atoms with Crippen molar-refractivity contribution < 1.29 is 4.74 Å². The Hall–Kier alpha value is -2.57. The molecule has 5 nitrogen and oxygen atoms in total. The predicted octanol–water partition coefficient (Wildman–Crippen LogP) is 4.85. The van der Waals surface area contributed by atoms with Gasteiger partial charge in [0.2, 0.25) is 0 Å². The molecule has 0 saturated carbocycles. The van der Waals surface area contributed by atoms with Crippen LogP contribution in [0.5, 0.6) is 5.75 Å². The lowest BCUT2D eigenvalue weighted by atomic mass is 10.0. The van der Waals surface area contributed by atoms with Crippen molar-refractivity contribution in [1.82, 2.24) is 10.3 Å². The number of nitrogens with one attached hydrogen (secondary N) is 2. The molecule has 2 aromatic carbocycles. The fourth-order valence-corrected chi connectivity index (χ4v) is 4.13. The SMILES string of the molecule is COc1ccc(NC(=S)NC2CCN(c3ccnc4ccc(Cl)cc34)CC2)cc1. The first-order valence-electron chi connectivity index (χ1n) is 9.63. The largest absolute Gasteiger partial charge is 0.497 e. The van der Waals surface area contributed by atoms with Crippen molar-refractivity contribution in [3.05, 3.63) is 59.8 Å². The van der Waals surface area contributed by atoms with E-state index in [2.05, 4.69) is 26.6 Å². The summed E-state index contributed by atoms with van der Waals surface area (Å²) in [6, 6.07) is 16.0. The number of aromatic nitrogens is 1. The summed E-state index contributed by atoms with van der Waals surface area (Å²) in [5.41, 5.74) is 3.10. The number of rotatable bonds is 4. The lowest BCUT2D eigenvalue weighted by Gasteiger charge is -2.35. The van der Waals surface area contributed by atoms with Gasteiger partial charge in [-0.15, -0.1) is 0 Å². The van der Waals surface area contributed by atoms with Crippen molar-refractivity contribution >= 4 is 51.2 Å². The normalized spacial score (nSPS) is 14.6. The van der Waals surface area contributed by atoms with Crippen LogP contribution >= 0.6 is 23.8 Å². The molecule has 4 rings (SSSR count).